The molecule has 1 N–H and O–H groups in total. The average molecular weight is 468 g/mol. The Morgan fingerprint density at radius 1 is 1.13 bits per heavy atom. The molecule has 0 saturated carbocycles. The van der Waals surface area contributed by atoms with Crippen molar-refractivity contribution in [3.63, 3.8) is 0 Å². The Hall–Kier alpha value is -3.02. The van der Waals surface area contributed by atoms with Gasteiger partial charge < -0.3 is 10.1 Å². The molecule has 31 heavy (non-hydrogen) atoms. The normalized spacial score (nSPS) is 14.2. The summed E-state index contributed by atoms with van der Waals surface area (Å²) in [5.41, 5.74) is -0.0687. The number of nitro benzene ring substituents is 1. The molecule has 1 amide bonds. The van der Waals surface area contributed by atoms with Crippen molar-refractivity contribution in [1.29, 1.82) is 0 Å². The van der Waals surface area contributed by atoms with Crippen LogP contribution >= 0.6 is 11.6 Å². The van der Waals surface area contributed by atoms with Crippen molar-refractivity contribution in [2.24, 2.45) is 0 Å². The predicted molar refractivity (Wildman–Crippen MR) is 111 cm³/mol. The maximum absolute atomic E-state index is 12.5. The average Bonchev–Trinajstić information content (AvgIpc) is 3.28. The Kier molecular flexibility index (Phi) is 6.88. The molecule has 10 nitrogen and oxygen atoms in total. The van der Waals surface area contributed by atoms with Crippen LogP contribution in [0.15, 0.2) is 47.4 Å². The van der Waals surface area contributed by atoms with Crippen LogP contribution in [0.25, 0.3) is 0 Å². The minimum absolute atomic E-state index is 0.114. The number of nitrogens with one attached hydrogen (secondary N) is 1. The van der Waals surface area contributed by atoms with Gasteiger partial charge in [-0.25, -0.2) is 13.2 Å². The van der Waals surface area contributed by atoms with Crippen LogP contribution in [-0.4, -0.2) is 49.2 Å². The monoisotopic (exact) mass is 467 g/mol. The van der Waals surface area contributed by atoms with Gasteiger partial charge in [0.05, 0.1) is 20.4 Å². The molecular formula is C19H18ClN3O7S. The van der Waals surface area contributed by atoms with Gasteiger partial charge in [0.2, 0.25) is 10.0 Å². The van der Waals surface area contributed by atoms with E-state index in [1.165, 1.54) is 28.6 Å². The van der Waals surface area contributed by atoms with Crippen molar-refractivity contribution in [1.82, 2.24) is 4.31 Å². The van der Waals surface area contributed by atoms with E-state index >= 15 is 0 Å². The lowest BCUT2D eigenvalue weighted by atomic mass is 10.2. The fraction of sp³-hybridized carbons (Fsp3) is 0.263. The number of benzene rings is 2. The highest BCUT2D eigenvalue weighted by Gasteiger charge is 2.27. The zero-order valence-corrected chi connectivity index (χ0v) is 17.7. The van der Waals surface area contributed by atoms with Gasteiger partial charge in [-0.05, 0) is 43.2 Å². The number of nitrogens with zero attached hydrogens (tertiary/aromatic N) is 2. The molecule has 1 aliphatic rings. The number of amides is 1. The van der Waals surface area contributed by atoms with E-state index < -0.39 is 33.4 Å². The number of esters is 1. The highest BCUT2D eigenvalue weighted by molar-refractivity contribution is 7.89. The van der Waals surface area contributed by atoms with Gasteiger partial charge in [0.25, 0.3) is 11.6 Å². The predicted octanol–water partition coefficient (Wildman–Crippen LogP) is 2.83. The van der Waals surface area contributed by atoms with Crippen molar-refractivity contribution in [2.45, 2.75) is 17.7 Å². The molecule has 1 aliphatic heterocycles. The summed E-state index contributed by atoms with van der Waals surface area (Å²) in [7, 11) is -3.55. The van der Waals surface area contributed by atoms with E-state index in [4.69, 9.17) is 16.3 Å². The smallest absolute Gasteiger partial charge is 0.340 e. The van der Waals surface area contributed by atoms with Crippen LogP contribution in [0.2, 0.25) is 5.02 Å². The number of carbonyl (C=O) groups is 2. The lowest BCUT2D eigenvalue weighted by Crippen LogP contribution is -2.27. The van der Waals surface area contributed by atoms with Crippen molar-refractivity contribution in [3.8, 4) is 0 Å². The number of nitro groups is 1. The topological polar surface area (TPSA) is 136 Å². The molecule has 0 radical (unpaired) electrons. The van der Waals surface area contributed by atoms with Crippen LogP contribution in [0.1, 0.15) is 23.2 Å². The second-order valence-electron chi connectivity index (χ2n) is 6.68. The summed E-state index contributed by atoms with van der Waals surface area (Å²) in [6.45, 7) is 0.357. The van der Waals surface area contributed by atoms with Gasteiger partial charge in [-0.1, -0.05) is 11.6 Å². The molecule has 3 rings (SSSR count). The molecule has 0 spiro atoms. The number of hydrogen-bond acceptors (Lipinski definition) is 7. The van der Waals surface area contributed by atoms with Gasteiger partial charge in [-0.2, -0.15) is 4.31 Å². The summed E-state index contributed by atoms with van der Waals surface area (Å²) >= 11 is 5.85. The molecule has 0 aliphatic carbocycles. The third-order valence-electron chi connectivity index (χ3n) is 4.56. The number of halogens is 1. The highest BCUT2D eigenvalue weighted by Crippen LogP contribution is 2.24. The van der Waals surface area contributed by atoms with Gasteiger partial charge >= 0.3 is 5.97 Å². The first kappa shape index (κ1) is 22.7. The van der Waals surface area contributed by atoms with E-state index in [0.717, 1.165) is 31.0 Å². The molecule has 0 aromatic heterocycles. The van der Waals surface area contributed by atoms with Gasteiger partial charge in [0.15, 0.2) is 6.61 Å². The van der Waals surface area contributed by atoms with Gasteiger partial charge in [0, 0.05) is 30.9 Å². The van der Waals surface area contributed by atoms with E-state index in [1.807, 2.05) is 0 Å². The Morgan fingerprint density at radius 3 is 2.35 bits per heavy atom. The van der Waals surface area contributed by atoms with Crippen LogP contribution in [0.3, 0.4) is 0 Å². The number of ether oxygens (including phenoxy) is 1. The molecule has 0 atom stereocenters. The minimum Gasteiger partial charge on any atom is -0.452 e. The number of non-ortho nitro benzene ring substituents is 1. The Bertz CT molecular complexity index is 1110. The second-order valence-corrected chi connectivity index (χ2v) is 9.03. The zero-order chi connectivity index (χ0) is 22.6. The Labute approximate surface area is 183 Å². The molecule has 2 aromatic carbocycles. The van der Waals surface area contributed by atoms with Crippen LogP contribution in [0, 0.1) is 10.1 Å². The first-order valence-corrected chi connectivity index (χ1v) is 11.0. The van der Waals surface area contributed by atoms with Crippen molar-refractivity contribution < 1.29 is 27.7 Å². The highest BCUT2D eigenvalue weighted by atomic mass is 35.5. The third-order valence-corrected chi connectivity index (χ3v) is 6.78. The molecule has 1 saturated heterocycles. The largest absolute Gasteiger partial charge is 0.452 e. The lowest BCUT2D eigenvalue weighted by molar-refractivity contribution is -0.384. The van der Waals surface area contributed by atoms with Crippen molar-refractivity contribution in [2.75, 3.05) is 25.0 Å². The number of sulfonamides is 1. The summed E-state index contributed by atoms with van der Waals surface area (Å²) < 4.78 is 31.3. The van der Waals surface area contributed by atoms with E-state index in [-0.39, 0.29) is 21.2 Å². The summed E-state index contributed by atoms with van der Waals surface area (Å²) in [4.78, 5) is 34.3. The first-order chi connectivity index (χ1) is 14.7. The molecular weight excluding hydrogens is 450 g/mol. The number of carbonyl (C=O) groups excluding carboxylic acids is 2. The summed E-state index contributed by atoms with van der Waals surface area (Å²) in [6.07, 6.45) is 1.66. The second kappa shape index (κ2) is 9.41. The van der Waals surface area contributed by atoms with Crippen LogP contribution in [0.5, 0.6) is 0 Å². The van der Waals surface area contributed by atoms with Gasteiger partial charge in [-0.15, -0.1) is 0 Å². The van der Waals surface area contributed by atoms with Crippen LogP contribution in [-0.2, 0) is 19.6 Å². The standard InChI is InChI=1S/C19H18ClN3O7S/c20-17-11-14(23(26)27)5-8-16(17)19(25)30-12-18(24)21-13-3-6-15(7-4-13)31(28,29)22-9-1-2-10-22/h3-8,11H,1-2,9-10,12H2,(H,21,24). The zero-order valence-electron chi connectivity index (χ0n) is 16.1. The maximum Gasteiger partial charge on any atom is 0.340 e. The molecule has 12 heteroatoms. The fourth-order valence-electron chi connectivity index (χ4n) is 2.98. The maximum atomic E-state index is 12.5. The van der Waals surface area contributed by atoms with Gasteiger partial charge in [-0.3, -0.25) is 14.9 Å². The Balaban J connectivity index is 1.56. The molecule has 1 heterocycles. The molecule has 2 aromatic rings. The Morgan fingerprint density at radius 2 is 1.77 bits per heavy atom. The summed E-state index contributed by atoms with van der Waals surface area (Å²) in [5, 5.41) is 13.0. The van der Waals surface area contributed by atoms with E-state index in [9.17, 15) is 28.1 Å². The van der Waals surface area contributed by atoms with Crippen LogP contribution in [0.4, 0.5) is 11.4 Å². The minimum atomic E-state index is -3.55. The summed E-state index contributed by atoms with van der Waals surface area (Å²) in [6, 6.07) is 8.92. The SMILES string of the molecule is O=C(COC(=O)c1ccc([N+](=O)[O-])cc1Cl)Nc1ccc(S(=O)(=O)N2CCCC2)cc1. The molecule has 1 fully saturated rings. The van der Waals surface area contributed by atoms with Crippen molar-refractivity contribution in [3.05, 3.63) is 63.2 Å². The molecule has 0 bridgehead atoms. The number of anilines is 1. The summed E-state index contributed by atoms with van der Waals surface area (Å²) in [5.74, 6) is -1.57. The number of rotatable bonds is 7. The quantitative estimate of drug-likeness (QED) is 0.375. The van der Waals surface area contributed by atoms with E-state index in [2.05, 4.69) is 5.32 Å². The third kappa shape index (κ3) is 5.37. The van der Waals surface area contributed by atoms with Crippen molar-refractivity contribution >= 4 is 44.9 Å². The lowest BCUT2D eigenvalue weighted by Gasteiger charge is -2.15. The fourth-order valence-corrected chi connectivity index (χ4v) is 4.75. The van der Waals surface area contributed by atoms with E-state index in [1.54, 1.807) is 0 Å². The van der Waals surface area contributed by atoms with Gasteiger partial charge in [0.1, 0.15) is 0 Å². The first-order valence-electron chi connectivity index (χ1n) is 9.19. The number of hydrogen-bond donors (Lipinski definition) is 1. The molecule has 164 valence electrons. The van der Waals surface area contributed by atoms with E-state index in [0.29, 0.717) is 18.8 Å². The molecule has 0 unspecified atom stereocenters. The van der Waals surface area contributed by atoms with Crippen LogP contribution < -0.4 is 5.32 Å².